The first-order valence-corrected chi connectivity index (χ1v) is 12.4. The van der Waals surface area contributed by atoms with E-state index in [9.17, 15) is 14.7 Å². The fourth-order valence-electron chi connectivity index (χ4n) is 4.96. The molecule has 1 aromatic rings. The molecule has 8 nitrogen and oxygen atoms in total. The Morgan fingerprint density at radius 3 is 2.70 bits per heavy atom. The molecule has 8 heteroatoms. The van der Waals surface area contributed by atoms with E-state index >= 15 is 0 Å². The lowest BCUT2D eigenvalue weighted by atomic mass is 9.93. The smallest absolute Gasteiger partial charge is 0.255 e. The average molecular weight is 460 g/mol. The molecule has 3 aliphatic heterocycles. The van der Waals surface area contributed by atoms with Crippen molar-refractivity contribution in [2.75, 3.05) is 52.5 Å². The first-order chi connectivity index (χ1) is 16.0. The highest BCUT2D eigenvalue weighted by molar-refractivity contribution is 5.98. The van der Waals surface area contributed by atoms with Crippen molar-refractivity contribution in [3.63, 3.8) is 0 Å². The molecule has 2 N–H and O–H groups in total. The van der Waals surface area contributed by atoms with Gasteiger partial charge in [-0.15, -0.1) is 0 Å². The van der Waals surface area contributed by atoms with Gasteiger partial charge in [-0.3, -0.25) is 9.59 Å². The highest BCUT2D eigenvalue weighted by Gasteiger charge is 2.29. The molecule has 0 unspecified atom stereocenters. The quantitative estimate of drug-likeness (QED) is 0.648. The lowest BCUT2D eigenvalue weighted by molar-refractivity contribution is -0.130. The van der Waals surface area contributed by atoms with Crippen molar-refractivity contribution in [1.82, 2.24) is 15.1 Å². The molecule has 2 atom stereocenters. The first kappa shape index (κ1) is 23.8. The summed E-state index contributed by atoms with van der Waals surface area (Å²) >= 11 is 0. The van der Waals surface area contributed by atoms with Crippen molar-refractivity contribution in [2.24, 2.45) is 5.92 Å². The number of aliphatic hydroxyl groups is 1. The lowest BCUT2D eigenvalue weighted by Gasteiger charge is -2.36. The van der Waals surface area contributed by atoms with Crippen molar-refractivity contribution in [3.05, 3.63) is 23.3 Å². The molecule has 0 radical (unpaired) electrons. The van der Waals surface area contributed by atoms with Gasteiger partial charge in [-0.25, -0.2) is 0 Å². The van der Waals surface area contributed by atoms with Crippen LogP contribution in [-0.4, -0.2) is 85.3 Å². The number of ether oxygens (including phenoxy) is 2. The number of nitrogens with zero attached hydrogens (tertiary/aromatic N) is 2. The molecule has 1 aromatic carbocycles. The van der Waals surface area contributed by atoms with Crippen molar-refractivity contribution in [2.45, 2.75) is 51.6 Å². The number of amides is 2. The van der Waals surface area contributed by atoms with E-state index in [-0.39, 0.29) is 17.7 Å². The Morgan fingerprint density at radius 2 is 1.91 bits per heavy atom. The molecule has 3 heterocycles. The molecule has 0 aromatic heterocycles. The fraction of sp³-hybridized carbons (Fsp3) is 0.680. The van der Waals surface area contributed by atoms with Gasteiger partial charge in [0.15, 0.2) is 11.5 Å². The van der Waals surface area contributed by atoms with Crippen LogP contribution in [0.15, 0.2) is 12.1 Å². The SMILES string of the molecule is Cc1cc2c(c(C(=O)NC[C@@H]3CCN(CCCC(=O)N4CCCC4)C[C@H]3O)c1)OCCCO2. The summed E-state index contributed by atoms with van der Waals surface area (Å²) in [7, 11) is 0. The number of β-amino-alcohol motifs (C(OH)–C–C–N with tert-alkyl or cyclic N) is 1. The van der Waals surface area contributed by atoms with E-state index in [1.54, 1.807) is 0 Å². The fourth-order valence-corrected chi connectivity index (χ4v) is 4.96. The summed E-state index contributed by atoms with van der Waals surface area (Å²) in [5.41, 5.74) is 1.43. The van der Waals surface area contributed by atoms with Crippen LogP contribution < -0.4 is 14.8 Å². The minimum absolute atomic E-state index is 0.0111. The van der Waals surface area contributed by atoms with E-state index in [0.29, 0.717) is 49.8 Å². The number of carbonyl (C=O) groups is 2. The Morgan fingerprint density at radius 1 is 1.12 bits per heavy atom. The molecular formula is C25H37N3O5. The predicted octanol–water partition coefficient (Wildman–Crippen LogP) is 1.97. The van der Waals surface area contributed by atoms with E-state index in [4.69, 9.17) is 9.47 Å². The van der Waals surface area contributed by atoms with Crippen LogP contribution in [0.2, 0.25) is 0 Å². The molecule has 0 saturated carbocycles. The second-order valence-corrected chi connectivity index (χ2v) is 9.51. The standard InChI is InChI=1S/C25H37N3O5/c1-18-14-20(24-22(15-18)32-12-5-13-33-24)25(31)26-16-19-7-11-27(17-21(19)29)8-4-6-23(30)28-9-2-3-10-28/h14-15,19,21,29H,2-13,16-17H2,1H3,(H,26,31)/t19-,21+/m0/s1. The first-order valence-electron chi connectivity index (χ1n) is 12.4. The van der Waals surface area contributed by atoms with Crippen molar-refractivity contribution >= 4 is 11.8 Å². The number of rotatable bonds is 7. The number of aryl methyl sites for hydroxylation is 1. The zero-order valence-corrected chi connectivity index (χ0v) is 19.7. The molecule has 0 spiro atoms. The van der Waals surface area contributed by atoms with E-state index in [1.165, 1.54) is 0 Å². The van der Waals surface area contributed by atoms with Gasteiger partial charge in [-0.1, -0.05) is 0 Å². The Hall–Kier alpha value is -2.32. The van der Waals surface area contributed by atoms with Gasteiger partial charge >= 0.3 is 0 Å². The Balaban J connectivity index is 1.23. The highest BCUT2D eigenvalue weighted by Crippen LogP contribution is 2.34. The van der Waals surface area contributed by atoms with E-state index in [2.05, 4.69) is 10.2 Å². The van der Waals surface area contributed by atoms with Crippen LogP contribution in [0.4, 0.5) is 0 Å². The normalized spacial score (nSPS) is 23.3. The van der Waals surface area contributed by atoms with E-state index < -0.39 is 6.10 Å². The van der Waals surface area contributed by atoms with Crippen LogP contribution in [0.25, 0.3) is 0 Å². The monoisotopic (exact) mass is 459 g/mol. The zero-order valence-electron chi connectivity index (χ0n) is 19.7. The number of carbonyl (C=O) groups excluding carboxylic acids is 2. The third-order valence-corrected chi connectivity index (χ3v) is 6.89. The average Bonchev–Trinajstić information content (AvgIpc) is 3.24. The number of aliphatic hydroxyl groups excluding tert-OH is 1. The second-order valence-electron chi connectivity index (χ2n) is 9.51. The van der Waals surface area contributed by atoms with Gasteiger partial charge in [-0.05, 0) is 63.4 Å². The number of fused-ring (bicyclic) bond motifs is 1. The lowest BCUT2D eigenvalue weighted by Crippen LogP contribution is -2.48. The van der Waals surface area contributed by atoms with E-state index in [1.807, 2.05) is 24.0 Å². The molecule has 4 rings (SSSR count). The topological polar surface area (TPSA) is 91.3 Å². The summed E-state index contributed by atoms with van der Waals surface area (Å²) in [6.07, 6.45) is 4.74. The van der Waals surface area contributed by atoms with Crippen molar-refractivity contribution in [3.8, 4) is 11.5 Å². The second kappa shape index (κ2) is 11.2. The third-order valence-electron chi connectivity index (χ3n) is 6.89. The van der Waals surface area contributed by atoms with Crippen LogP contribution in [-0.2, 0) is 4.79 Å². The molecule has 2 amide bonds. The van der Waals surface area contributed by atoms with Gasteiger partial charge in [0.05, 0.1) is 24.9 Å². The number of benzene rings is 1. The van der Waals surface area contributed by atoms with E-state index in [0.717, 1.165) is 63.8 Å². The molecule has 2 saturated heterocycles. The van der Waals surface area contributed by atoms with Crippen LogP contribution in [0.5, 0.6) is 11.5 Å². The number of likely N-dealkylation sites (tertiary alicyclic amines) is 2. The Labute approximate surface area is 196 Å². The minimum Gasteiger partial charge on any atom is -0.490 e. The molecule has 3 aliphatic rings. The molecular weight excluding hydrogens is 422 g/mol. The molecule has 0 aliphatic carbocycles. The number of hydrogen-bond acceptors (Lipinski definition) is 6. The molecule has 33 heavy (non-hydrogen) atoms. The van der Waals surface area contributed by atoms with Crippen LogP contribution in [0, 0.1) is 12.8 Å². The Kier molecular flexibility index (Phi) is 8.09. The third kappa shape index (κ3) is 6.18. The summed E-state index contributed by atoms with van der Waals surface area (Å²) in [6.45, 7) is 7.53. The molecule has 182 valence electrons. The maximum absolute atomic E-state index is 12.9. The minimum atomic E-state index is -0.498. The number of piperidine rings is 1. The van der Waals surface area contributed by atoms with Crippen LogP contribution >= 0.6 is 0 Å². The van der Waals surface area contributed by atoms with Gasteiger partial charge < -0.3 is 29.7 Å². The highest BCUT2D eigenvalue weighted by atomic mass is 16.5. The van der Waals surface area contributed by atoms with Gasteiger partial charge in [0.25, 0.3) is 5.91 Å². The maximum atomic E-state index is 12.9. The Bertz CT molecular complexity index is 840. The number of hydrogen-bond donors (Lipinski definition) is 2. The van der Waals surface area contributed by atoms with Crippen molar-refractivity contribution in [1.29, 1.82) is 0 Å². The summed E-state index contributed by atoms with van der Waals surface area (Å²) < 4.78 is 11.5. The summed E-state index contributed by atoms with van der Waals surface area (Å²) in [4.78, 5) is 29.3. The van der Waals surface area contributed by atoms with Crippen LogP contribution in [0.3, 0.4) is 0 Å². The largest absolute Gasteiger partial charge is 0.490 e. The van der Waals surface area contributed by atoms with Crippen molar-refractivity contribution < 1.29 is 24.2 Å². The zero-order chi connectivity index (χ0) is 23.2. The maximum Gasteiger partial charge on any atom is 0.255 e. The summed E-state index contributed by atoms with van der Waals surface area (Å²) in [6, 6.07) is 3.72. The van der Waals surface area contributed by atoms with Gasteiger partial charge in [-0.2, -0.15) is 0 Å². The van der Waals surface area contributed by atoms with Crippen LogP contribution in [0.1, 0.15) is 54.4 Å². The molecule has 2 fully saturated rings. The van der Waals surface area contributed by atoms with Gasteiger partial charge in [0.1, 0.15) is 0 Å². The van der Waals surface area contributed by atoms with Gasteiger partial charge in [0, 0.05) is 44.9 Å². The summed E-state index contributed by atoms with van der Waals surface area (Å²) in [5, 5.41) is 13.7. The predicted molar refractivity (Wildman–Crippen MR) is 125 cm³/mol. The number of nitrogens with one attached hydrogen (secondary N) is 1. The van der Waals surface area contributed by atoms with Gasteiger partial charge in [0.2, 0.25) is 5.91 Å². The summed E-state index contributed by atoms with van der Waals surface area (Å²) in [5.74, 6) is 1.20. The molecule has 0 bridgehead atoms.